The van der Waals surface area contributed by atoms with Crippen LogP contribution in [0.15, 0.2) is 0 Å². The predicted octanol–water partition coefficient (Wildman–Crippen LogP) is 4.69. The van der Waals surface area contributed by atoms with E-state index < -0.39 is 0 Å². The smallest absolute Gasteiger partial charge is 0.0120 e. The fraction of sp³-hybridized carbons (Fsp3) is 1.00. The molecule has 1 aliphatic rings. The van der Waals surface area contributed by atoms with E-state index in [4.69, 9.17) is 0 Å². The van der Waals surface area contributed by atoms with Gasteiger partial charge in [-0.1, -0.05) is 53.9 Å². The van der Waals surface area contributed by atoms with E-state index in [9.17, 15) is 0 Å². The summed E-state index contributed by atoms with van der Waals surface area (Å²) in [5.74, 6) is 0.761. The molecule has 1 aliphatic heterocycles. The molecule has 3 atom stereocenters. The molecule has 0 aromatic rings. The van der Waals surface area contributed by atoms with Crippen molar-refractivity contribution in [2.24, 2.45) is 11.3 Å². The first kappa shape index (κ1) is 19.0. The molecule has 0 aromatic carbocycles. The van der Waals surface area contributed by atoms with Crippen LogP contribution in [0.3, 0.4) is 0 Å². The van der Waals surface area contributed by atoms with Crippen LogP contribution in [-0.2, 0) is 0 Å². The molecular formula is C19H40N2. The third-order valence-corrected chi connectivity index (χ3v) is 5.44. The van der Waals surface area contributed by atoms with Gasteiger partial charge in [0, 0.05) is 18.6 Å². The topological polar surface area (TPSA) is 15.3 Å². The second-order valence-electron chi connectivity index (χ2n) is 8.04. The van der Waals surface area contributed by atoms with Crippen molar-refractivity contribution in [3.63, 3.8) is 0 Å². The second kappa shape index (κ2) is 9.15. The molecule has 0 saturated carbocycles. The zero-order chi connectivity index (χ0) is 15.9. The van der Waals surface area contributed by atoms with Crippen molar-refractivity contribution >= 4 is 0 Å². The van der Waals surface area contributed by atoms with Gasteiger partial charge in [-0.2, -0.15) is 0 Å². The van der Waals surface area contributed by atoms with Gasteiger partial charge in [0.05, 0.1) is 0 Å². The number of unbranched alkanes of at least 4 members (excludes halogenated alkanes) is 2. The Bertz CT molecular complexity index is 275. The zero-order valence-electron chi connectivity index (χ0n) is 15.5. The van der Waals surface area contributed by atoms with Crippen molar-refractivity contribution < 1.29 is 0 Å². The highest BCUT2D eigenvalue weighted by Crippen LogP contribution is 2.30. The summed E-state index contributed by atoms with van der Waals surface area (Å²) in [7, 11) is 0. The summed E-state index contributed by atoms with van der Waals surface area (Å²) in [4.78, 5) is 2.75. The highest BCUT2D eigenvalue weighted by atomic mass is 15.2. The number of rotatable bonds is 9. The lowest BCUT2D eigenvalue weighted by Gasteiger charge is -2.46. The molecule has 0 radical (unpaired) electrons. The van der Waals surface area contributed by atoms with Gasteiger partial charge in [-0.25, -0.2) is 0 Å². The van der Waals surface area contributed by atoms with Crippen molar-refractivity contribution in [2.45, 2.75) is 92.2 Å². The van der Waals surface area contributed by atoms with Gasteiger partial charge in [-0.05, 0) is 50.6 Å². The minimum Gasteiger partial charge on any atom is -0.314 e. The Hall–Kier alpha value is -0.0800. The number of hydrogen-bond acceptors (Lipinski definition) is 2. The van der Waals surface area contributed by atoms with Gasteiger partial charge >= 0.3 is 0 Å². The van der Waals surface area contributed by atoms with Gasteiger partial charge in [0.2, 0.25) is 0 Å². The summed E-state index contributed by atoms with van der Waals surface area (Å²) in [6.45, 7) is 18.1. The van der Waals surface area contributed by atoms with Gasteiger partial charge in [-0.15, -0.1) is 0 Å². The molecule has 0 spiro atoms. The van der Waals surface area contributed by atoms with Crippen molar-refractivity contribution in [3.05, 3.63) is 0 Å². The predicted molar refractivity (Wildman–Crippen MR) is 94.8 cm³/mol. The van der Waals surface area contributed by atoms with Crippen molar-refractivity contribution in [2.75, 3.05) is 19.6 Å². The molecule has 0 aliphatic carbocycles. The first-order chi connectivity index (χ1) is 9.91. The molecule has 1 saturated heterocycles. The molecule has 1 fully saturated rings. The fourth-order valence-electron chi connectivity index (χ4n) is 3.76. The molecule has 1 heterocycles. The van der Waals surface area contributed by atoms with Crippen LogP contribution in [0.5, 0.6) is 0 Å². The highest BCUT2D eigenvalue weighted by molar-refractivity contribution is 4.90. The molecule has 0 aromatic heterocycles. The fourth-order valence-corrected chi connectivity index (χ4v) is 3.76. The van der Waals surface area contributed by atoms with Crippen LogP contribution in [0, 0.1) is 11.3 Å². The maximum absolute atomic E-state index is 3.75. The van der Waals surface area contributed by atoms with E-state index in [0.29, 0.717) is 11.5 Å². The second-order valence-corrected chi connectivity index (χ2v) is 8.04. The van der Waals surface area contributed by atoms with Gasteiger partial charge in [0.25, 0.3) is 0 Å². The van der Waals surface area contributed by atoms with E-state index in [-0.39, 0.29) is 0 Å². The van der Waals surface area contributed by atoms with Crippen LogP contribution in [0.1, 0.15) is 80.1 Å². The van der Waals surface area contributed by atoms with Crippen molar-refractivity contribution in [3.8, 4) is 0 Å². The van der Waals surface area contributed by atoms with E-state index in [1.807, 2.05) is 0 Å². The van der Waals surface area contributed by atoms with E-state index >= 15 is 0 Å². The number of hydrogen-bond donors (Lipinski definition) is 1. The average molecular weight is 297 g/mol. The van der Waals surface area contributed by atoms with Crippen LogP contribution in [0.4, 0.5) is 0 Å². The standard InChI is InChI=1S/C19H40N2/c1-7-9-10-12-19(5,6)15-21-14-11-18(20-13-8-2)16(3)17(21)4/h16-18,20H,7-15H2,1-6H3. The zero-order valence-corrected chi connectivity index (χ0v) is 15.5. The van der Waals surface area contributed by atoms with E-state index in [1.54, 1.807) is 0 Å². The maximum Gasteiger partial charge on any atom is 0.0120 e. The SMILES string of the molecule is CCCCCC(C)(C)CN1CCC(NCCC)C(C)C1C. The normalized spacial score (nSPS) is 28.0. The van der Waals surface area contributed by atoms with Crippen LogP contribution < -0.4 is 5.32 Å². The molecule has 0 bridgehead atoms. The van der Waals surface area contributed by atoms with Crippen molar-refractivity contribution in [1.82, 2.24) is 10.2 Å². The quantitative estimate of drug-likeness (QED) is 0.621. The van der Waals surface area contributed by atoms with Crippen molar-refractivity contribution in [1.29, 1.82) is 0 Å². The summed E-state index contributed by atoms with van der Waals surface area (Å²) < 4.78 is 0. The first-order valence-electron chi connectivity index (χ1n) is 9.38. The average Bonchev–Trinajstić information content (AvgIpc) is 2.43. The Kier molecular flexibility index (Phi) is 8.26. The number of piperidine rings is 1. The Morgan fingerprint density at radius 3 is 2.43 bits per heavy atom. The molecule has 2 nitrogen and oxygen atoms in total. The van der Waals surface area contributed by atoms with E-state index in [0.717, 1.165) is 12.0 Å². The molecule has 126 valence electrons. The summed E-state index contributed by atoms with van der Waals surface area (Å²) in [5.41, 5.74) is 0.465. The lowest BCUT2D eigenvalue weighted by molar-refractivity contribution is 0.0487. The Labute approximate surface area is 134 Å². The third-order valence-electron chi connectivity index (χ3n) is 5.44. The summed E-state index contributed by atoms with van der Waals surface area (Å²) in [5, 5.41) is 3.75. The van der Waals surface area contributed by atoms with Gasteiger partial charge in [0.1, 0.15) is 0 Å². The minimum atomic E-state index is 0.465. The molecule has 0 amide bonds. The summed E-state index contributed by atoms with van der Waals surface area (Å²) >= 11 is 0. The Balaban J connectivity index is 2.46. The van der Waals surface area contributed by atoms with Gasteiger partial charge < -0.3 is 5.32 Å². The first-order valence-corrected chi connectivity index (χ1v) is 9.38. The van der Waals surface area contributed by atoms with Gasteiger partial charge in [0.15, 0.2) is 0 Å². The lowest BCUT2D eigenvalue weighted by atomic mass is 9.82. The van der Waals surface area contributed by atoms with Gasteiger partial charge in [-0.3, -0.25) is 4.90 Å². The summed E-state index contributed by atoms with van der Waals surface area (Å²) in [6, 6.07) is 1.43. The molecular weight excluding hydrogens is 256 g/mol. The number of likely N-dealkylation sites (tertiary alicyclic amines) is 1. The largest absolute Gasteiger partial charge is 0.314 e. The highest BCUT2D eigenvalue weighted by Gasteiger charge is 2.34. The van der Waals surface area contributed by atoms with Crippen LogP contribution in [-0.4, -0.2) is 36.6 Å². The molecule has 2 heteroatoms. The minimum absolute atomic E-state index is 0.465. The molecule has 3 unspecified atom stereocenters. The Morgan fingerprint density at radius 1 is 1.10 bits per heavy atom. The maximum atomic E-state index is 3.75. The van der Waals surface area contributed by atoms with E-state index in [1.165, 1.54) is 58.2 Å². The third kappa shape index (κ3) is 6.28. The lowest BCUT2D eigenvalue weighted by Crippen LogP contribution is -2.55. The molecule has 1 rings (SSSR count). The monoisotopic (exact) mass is 296 g/mol. The van der Waals surface area contributed by atoms with Crippen LogP contribution in [0.2, 0.25) is 0 Å². The Morgan fingerprint density at radius 2 is 1.81 bits per heavy atom. The number of nitrogens with one attached hydrogen (secondary N) is 1. The number of nitrogens with zero attached hydrogens (tertiary/aromatic N) is 1. The summed E-state index contributed by atoms with van der Waals surface area (Å²) in [6.07, 6.45) is 8.04. The van der Waals surface area contributed by atoms with Crippen LogP contribution >= 0.6 is 0 Å². The molecule has 1 N–H and O–H groups in total. The molecule has 21 heavy (non-hydrogen) atoms. The van der Waals surface area contributed by atoms with Crippen LogP contribution in [0.25, 0.3) is 0 Å². The van der Waals surface area contributed by atoms with E-state index in [2.05, 4.69) is 51.8 Å².